The molecule has 0 aromatic carbocycles. The summed E-state index contributed by atoms with van der Waals surface area (Å²) in [7, 11) is 0. The van der Waals surface area contributed by atoms with Crippen LogP contribution in [0.15, 0.2) is 29.4 Å². The highest BCUT2D eigenvalue weighted by Gasteiger charge is 2.30. The molecule has 2 heterocycles. The van der Waals surface area contributed by atoms with Crippen LogP contribution in [0.2, 0.25) is 0 Å². The fraction of sp³-hybridized carbons (Fsp3) is 0.667. The smallest absolute Gasteiger partial charge is 0.193 e. The van der Waals surface area contributed by atoms with E-state index < -0.39 is 0 Å². The highest BCUT2D eigenvalue weighted by molar-refractivity contribution is 5.80. The standard InChI is InChI=1S/C18H31N5/c1-4-19-17(23-14-10-18(2,3)15-23)22-13-8-7-12-21-16-9-5-6-11-20-16/h5-6,9,11H,4,7-8,10,12-15H2,1-3H3,(H,19,22)(H,20,21). The highest BCUT2D eigenvalue weighted by atomic mass is 15.3. The lowest BCUT2D eigenvalue weighted by atomic mass is 9.93. The van der Waals surface area contributed by atoms with Crippen LogP contribution in [-0.4, -0.2) is 48.6 Å². The predicted molar refractivity (Wildman–Crippen MR) is 97.9 cm³/mol. The molecular formula is C18H31N5. The molecule has 0 atom stereocenters. The molecule has 2 rings (SSSR count). The van der Waals surface area contributed by atoms with Crippen molar-refractivity contribution in [1.82, 2.24) is 15.2 Å². The zero-order valence-electron chi connectivity index (χ0n) is 14.8. The first kappa shape index (κ1) is 17.6. The molecule has 5 nitrogen and oxygen atoms in total. The van der Waals surface area contributed by atoms with Crippen molar-refractivity contribution in [2.75, 3.05) is 38.0 Å². The summed E-state index contributed by atoms with van der Waals surface area (Å²) < 4.78 is 0. The van der Waals surface area contributed by atoms with E-state index in [0.717, 1.165) is 57.3 Å². The number of rotatable bonds is 7. The first-order valence-corrected chi connectivity index (χ1v) is 8.79. The molecule has 0 radical (unpaired) electrons. The third kappa shape index (κ3) is 6.08. The van der Waals surface area contributed by atoms with Crippen LogP contribution in [0.1, 0.15) is 40.0 Å². The fourth-order valence-electron chi connectivity index (χ4n) is 2.82. The number of aromatic nitrogens is 1. The van der Waals surface area contributed by atoms with Gasteiger partial charge in [0.1, 0.15) is 5.82 Å². The molecule has 1 saturated heterocycles. The number of hydrogen-bond acceptors (Lipinski definition) is 3. The number of anilines is 1. The third-order valence-electron chi connectivity index (χ3n) is 4.13. The average Bonchev–Trinajstić information content (AvgIpc) is 2.90. The van der Waals surface area contributed by atoms with Gasteiger partial charge in [0.15, 0.2) is 5.96 Å². The van der Waals surface area contributed by atoms with Gasteiger partial charge in [0.05, 0.1) is 0 Å². The Morgan fingerprint density at radius 3 is 2.87 bits per heavy atom. The van der Waals surface area contributed by atoms with Crippen molar-refractivity contribution in [2.45, 2.75) is 40.0 Å². The highest BCUT2D eigenvalue weighted by Crippen LogP contribution is 2.28. The Balaban J connectivity index is 1.69. The molecule has 1 aliphatic rings. The van der Waals surface area contributed by atoms with E-state index in [0.29, 0.717) is 5.41 Å². The fourth-order valence-corrected chi connectivity index (χ4v) is 2.82. The van der Waals surface area contributed by atoms with E-state index in [-0.39, 0.29) is 0 Å². The number of nitrogens with zero attached hydrogens (tertiary/aromatic N) is 3. The van der Waals surface area contributed by atoms with Crippen LogP contribution in [0.25, 0.3) is 0 Å². The minimum Gasteiger partial charge on any atom is -0.370 e. The number of hydrogen-bond donors (Lipinski definition) is 2. The molecule has 1 fully saturated rings. The van der Waals surface area contributed by atoms with Crippen LogP contribution in [0.4, 0.5) is 5.82 Å². The normalized spacial score (nSPS) is 17.3. The molecule has 5 heteroatoms. The van der Waals surface area contributed by atoms with Crippen molar-refractivity contribution in [2.24, 2.45) is 10.4 Å². The molecule has 0 amide bonds. The molecule has 23 heavy (non-hydrogen) atoms. The summed E-state index contributed by atoms with van der Waals surface area (Å²) in [5.74, 6) is 2.03. The minimum atomic E-state index is 0.406. The lowest BCUT2D eigenvalue weighted by Crippen LogP contribution is -2.40. The van der Waals surface area contributed by atoms with E-state index in [1.165, 1.54) is 6.42 Å². The summed E-state index contributed by atoms with van der Waals surface area (Å²) >= 11 is 0. The topological polar surface area (TPSA) is 52.6 Å². The summed E-state index contributed by atoms with van der Waals surface area (Å²) in [6.45, 7) is 11.8. The largest absolute Gasteiger partial charge is 0.370 e. The van der Waals surface area contributed by atoms with Gasteiger partial charge >= 0.3 is 0 Å². The van der Waals surface area contributed by atoms with Crippen LogP contribution >= 0.6 is 0 Å². The number of guanidine groups is 1. The minimum absolute atomic E-state index is 0.406. The zero-order valence-corrected chi connectivity index (χ0v) is 14.8. The molecule has 1 aromatic heterocycles. The maximum Gasteiger partial charge on any atom is 0.193 e. The number of likely N-dealkylation sites (tertiary alicyclic amines) is 1. The molecule has 1 aliphatic heterocycles. The Morgan fingerprint density at radius 2 is 2.22 bits per heavy atom. The average molecular weight is 317 g/mol. The van der Waals surface area contributed by atoms with Crippen LogP contribution in [0, 0.1) is 5.41 Å². The molecule has 0 aliphatic carbocycles. The Hall–Kier alpha value is -1.78. The first-order chi connectivity index (χ1) is 11.1. The monoisotopic (exact) mass is 317 g/mol. The second kappa shape index (κ2) is 8.75. The molecule has 0 bridgehead atoms. The van der Waals surface area contributed by atoms with Gasteiger partial charge in [-0.2, -0.15) is 0 Å². The Morgan fingerprint density at radius 1 is 1.35 bits per heavy atom. The van der Waals surface area contributed by atoms with Crippen molar-refractivity contribution < 1.29 is 0 Å². The second-order valence-corrected chi connectivity index (χ2v) is 6.92. The second-order valence-electron chi connectivity index (χ2n) is 6.92. The molecule has 0 spiro atoms. The molecule has 128 valence electrons. The van der Waals surface area contributed by atoms with Gasteiger partial charge in [-0.15, -0.1) is 0 Å². The van der Waals surface area contributed by atoms with Gasteiger partial charge in [0.25, 0.3) is 0 Å². The van der Waals surface area contributed by atoms with E-state index >= 15 is 0 Å². The summed E-state index contributed by atoms with van der Waals surface area (Å²) in [6.07, 6.45) is 5.25. The summed E-state index contributed by atoms with van der Waals surface area (Å²) in [4.78, 5) is 11.5. The Kier molecular flexibility index (Phi) is 6.68. The van der Waals surface area contributed by atoms with Gasteiger partial charge in [-0.05, 0) is 43.7 Å². The van der Waals surface area contributed by atoms with E-state index in [1.807, 2.05) is 24.4 Å². The number of aliphatic imine (C=N–C) groups is 1. The lowest BCUT2D eigenvalue weighted by Gasteiger charge is -2.23. The van der Waals surface area contributed by atoms with E-state index in [1.54, 1.807) is 0 Å². The van der Waals surface area contributed by atoms with Crippen molar-refractivity contribution in [3.8, 4) is 0 Å². The molecular weight excluding hydrogens is 286 g/mol. The van der Waals surface area contributed by atoms with Crippen molar-refractivity contribution in [3.05, 3.63) is 24.4 Å². The summed E-state index contributed by atoms with van der Waals surface area (Å²) in [5, 5.41) is 6.77. The Labute approximate surface area is 140 Å². The summed E-state index contributed by atoms with van der Waals surface area (Å²) in [6, 6.07) is 5.93. The number of pyridine rings is 1. The van der Waals surface area contributed by atoms with Crippen molar-refractivity contribution in [1.29, 1.82) is 0 Å². The van der Waals surface area contributed by atoms with Crippen molar-refractivity contribution in [3.63, 3.8) is 0 Å². The van der Waals surface area contributed by atoms with Crippen molar-refractivity contribution >= 4 is 11.8 Å². The van der Waals surface area contributed by atoms with Crippen LogP contribution in [-0.2, 0) is 0 Å². The SMILES string of the molecule is CCNC(=NCCCCNc1ccccn1)N1CCC(C)(C)C1. The quantitative estimate of drug-likeness (QED) is 0.461. The third-order valence-corrected chi connectivity index (χ3v) is 4.13. The van der Waals surface area contributed by atoms with Gasteiger partial charge in [-0.25, -0.2) is 4.98 Å². The number of unbranched alkanes of at least 4 members (excludes halogenated alkanes) is 1. The van der Waals surface area contributed by atoms with Gasteiger partial charge in [-0.3, -0.25) is 4.99 Å². The van der Waals surface area contributed by atoms with E-state index in [2.05, 4.69) is 41.3 Å². The molecule has 1 aromatic rings. The van der Waals surface area contributed by atoms with Crippen LogP contribution < -0.4 is 10.6 Å². The van der Waals surface area contributed by atoms with Gasteiger partial charge in [0.2, 0.25) is 0 Å². The van der Waals surface area contributed by atoms with Crippen LogP contribution in [0.5, 0.6) is 0 Å². The Bertz CT molecular complexity index is 483. The first-order valence-electron chi connectivity index (χ1n) is 8.79. The van der Waals surface area contributed by atoms with Gasteiger partial charge in [0, 0.05) is 38.9 Å². The zero-order chi connectivity index (χ0) is 16.5. The van der Waals surface area contributed by atoms with Crippen LogP contribution in [0.3, 0.4) is 0 Å². The molecule has 2 N–H and O–H groups in total. The van der Waals surface area contributed by atoms with E-state index in [4.69, 9.17) is 4.99 Å². The maximum atomic E-state index is 4.79. The van der Waals surface area contributed by atoms with Gasteiger partial charge in [-0.1, -0.05) is 19.9 Å². The number of nitrogens with one attached hydrogen (secondary N) is 2. The van der Waals surface area contributed by atoms with E-state index in [9.17, 15) is 0 Å². The molecule has 0 unspecified atom stereocenters. The predicted octanol–water partition coefficient (Wildman–Crippen LogP) is 2.97. The molecule has 0 saturated carbocycles. The van der Waals surface area contributed by atoms with Gasteiger partial charge < -0.3 is 15.5 Å². The summed E-state index contributed by atoms with van der Waals surface area (Å²) in [5.41, 5.74) is 0.406. The lowest BCUT2D eigenvalue weighted by molar-refractivity contribution is 0.370. The maximum absolute atomic E-state index is 4.79.